The van der Waals surface area contributed by atoms with Gasteiger partial charge in [-0.2, -0.15) is 0 Å². The Kier molecular flexibility index (Phi) is 5.46. The number of nitrogens with one attached hydrogen (secondary N) is 1. The van der Waals surface area contributed by atoms with Crippen molar-refractivity contribution in [3.8, 4) is 0 Å². The molecule has 1 atom stereocenters. The van der Waals surface area contributed by atoms with E-state index in [-0.39, 0.29) is 6.17 Å². The van der Waals surface area contributed by atoms with Crippen molar-refractivity contribution in [2.24, 2.45) is 7.05 Å². The van der Waals surface area contributed by atoms with Crippen LogP contribution < -0.4 is 9.88 Å². The maximum Gasteiger partial charge on any atom is 0.245 e. The van der Waals surface area contributed by atoms with Crippen LogP contribution in [0.15, 0.2) is 67.3 Å². The summed E-state index contributed by atoms with van der Waals surface area (Å²) >= 11 is 0. The van der Waals surface area contributed by atoms with Gasteiger partial charge in [0.25, 0.3) is 0 Å². The minimum atomic E-state index is 0.0507. The normalized spacial score (nSPS) is 12.6. The zero-order valence-electron chi connectivity index (χ0n) is 16.5. The molecule has 26 heavy (non-hydrogen) atoms. The first kappa shape index (κ1) is 18.2. The van der Waals surface area contributed by atoms with Crippen LogP contribution in [0, 0.1) is 0 Å². The van der Waals surface area contributed by atoms with Crippen molar-refractivity contribution in [1.82, 2.24) is 4.57 Å². The first-order valence-corrected chi connectivity index (χ1v) is 9.44. The van der Waals surface area contributed by atoms with Crippen LogP contribution in [0.3, 0.4) is 0 Å². The average Bonchev–Trinajstić information content (AvgIpc) is 3.06. The molecule has 3 heteroatoms. The van der Waals surface area contributed by atoms with E-state index in [0.29, 0.717) is 11.8 Å². The van der Waals surface area contributed by atoms with E-state index in [9.17, 15) is 0 Å². The predicted molar refractivity (Wildman–Crippen MR) is 108 cm³/mol. The Morgan fingerprint density at radius 1 is 0.846 bits per heavy atom. The van der Waals surface area contributed by atoms with Crippen molar-refractivity contribution < 1.29 is 4.57 Å². The van der Waals surface area contributed by atoms with E-state index in [0.717, 1.165) is 0 Å². The van der Waals surface area contributed by atoms with Gasteiger partial charge in [-0.15, -0.1) is 0 Å². The highest BCUT2D eigenvalue weighted by atomic mass is 15.2. The summed E-state index contributed by atoms with van der Waals surface area (Å²) in [4.78, 5) is 0. The number of para-hydroxylation sites is 1. The summed E-state index contributed by atoms with van der Waals surface area (Å²) in [6, 6.07) is 17.3. The van der Waals surface area contributed by atoms with Gasteiger partial charge >= 0.3 is 0 Å². The molecule has 1 aromatic heterocycles. The minimum absolute atomic E-state index is 0.0507. The van der Waals surface area contributed by atoms with E-state index in [1.165, 1.54) is 22.4 Å². The number of aromatic nitrogens is 2. The lowest BCUT2D eigenvalue weighted by Crippen LogP contribution is -2.26. The van der Waals surface area contributed by atoms with Crippen LogP contribution in [0.4, 0.5) is 5.69 Å². The second-order valence-corrected chi connectivity index (χ2v) is 7.60. The van der Waals surface area contributed by atoms with E-state index in [2.05, 4.69) is 116 Å². The quantitative estimate of drug-likeness (QED) is 0.606. The Bertz CT molecular complexity index is 821. The molecule has 0 aliphatic rings. The first-order chi connectivity index (χ1) is 12.5. The summed E-state index contributed by atoms with van der Waals surface area (Å²) < 4.78 is 4.31. The second-order valence-electron chi connectivity index (χ2n) is 7.60. The molecule has 0 amide bonds. The summed E-state index contributed by atoms with van der Waals surface area (Å²) in [7, 11) is 2.06. The number of benzene rings is 2. The van der Waals surface area contributed by atoms with Crippen LogP contribution in [-0.4, -0.2) is 4.57 Å². The van der Waals surface area contributed by atoms with Crippen LogP contribution in [0.5, 0.6) is 0 Å². The molecule has 1 N–H and O–H groups in total. The highest BCUT2D eigenvalue weighted by Crippen LogP contribution is 2.35. The maximum atomic E-state index is 3.87. The second kappa shape index (κ2) is 7.77. The fraction of sp³-hybridized carbons (Fsp3) is 0.348. The fourth-order valence-corrected chi connectivity index (χ4v) is 3.44. The molecule has 3 rings (SSSR count). The van der Waals surface area contributed by atoms with Crippen LogP contribution in [0.1, 0.15) is 62.4 Å². The minimum Gasteiger partial charge on any atom is -0.343 e. The van der Waals surface area contributed by atoms with Crippen LogP contribution in [0.2, 0.25) is 0 Å². The lowest BCUT2D eigenvalue weighted by atomic mass is 9.92. The van der Waals surface area contributed by atoms with Gasteiger partial charge < -0.3 is 5.32 Å². The molecule has 0 spiro atoms. The molecule has 0 bridgehead atoms. The van der Waals surface area contributed by atoms with Crippen molar-refractivity contribution >= 4 is 5.69 Å². The molecule has 0 saturated carbocycles. The smallest absolute Gasteiger partial charge is 0.245 e. The van der Waals surface area contributed by atoms with Gasteiger partial charge in [-0.1, -0.05) is 76.2 Å². The number of aryl methyl sites for hydroxylation is 1. The van der Waals surface area contributed by atoms with E-state index in [1.54, 1.807) is 0 Å². The Morgan fingerprint density at radius 2 is 1.46 bits per heavy atom. The Morgan fingerprint density at radius 3 is 1.96 bits per heavy atom. The lowest BCUT2D eigenvalue weighted by Gasteiger charge is -2.25. The number of nitrogens with zero attached hydrogens (tertiary/aromatic N) is 2. The standard InChI is InChI=1S/C23H30N3/c1-17(2)20-12-9-13-21(18(3)4)22(20)24-23(19-10-7-6-8-11-19)26-15-14-25(5)16-26/h6-18,23-24H,1-5H3/q+1. The number of anilines is 1. The zero-order valence-corrected chi connectivity index (χ0v) is 16.5. The third-order valence-corrected chi connectivity index (χ3v) is 4.86. The molecular weight excluding hydrogens is 318 g/mol. The Labute approximate surface area is 157 Å². The molecule has 3 nitrogen and oxygen atoms in total. The average molecular weight is 349 g/mol. The molecule has 2 aromatic carbocycles. The summed E-state index contributed by atoms with van der Waals surface area (Å²) in [6.45, 7) is 9.05. The molecule has 0 saturated heterocycles. The Balaban J connectivity index is 2.10. The largest absolute Gasteiger partial charge is 0.343 e. The predicted octanol–water partition coefficient (Wildman–Crippen LogP) is 5.22. The Hall–Kier alpha value is -2.55. The highest BCUT2D eigenvalue weighted by molar-refractivity contribution is 5.61. The van der Waals surface area contributed by atoms with Gasteiger partial charge in [0.2, 0.25) is 6.33 Å². The van der Waals surface area contributed by atoms with Crippen molar-refractivity contribution in [3.05, 3.63) is 83.9 Å². The third kappa shape index (κ3) is 3.82. The summed E-state index contributed by atoms with van der Waals surface area (Å²) in [6.07, 6.45) is 6.37. The van der Waals surface area contributed by atoms with Crippen molar-refractivity contribution in [2.75, 3.05) is 5.32 Å². The number of imidazole rings is 1. The third-order valence-electron chi connectivity index (χ3n) is 4.86. The SMILES string of the molecule is CC(C)c1cccc(C(C)C)c1NC(c1ccccc1)n1cc[n+](C)c1. The van der Waals surface area contributed by atoms with E-state index in [1.807, 2.05) is 0 Å². The summed E-state index contributed by atoms with van der Waals surface area (Å²) in [5.41, 5.74) is 5.25. The van der Waals surface area contributed by atoms with E-state index < -0.39 is 0 Å². The molecular formula is C23H30N3+. The zero-order chi connectivity index (χ0) is 18.7. The molecule has 0 aliphatic carbocycles. The molecule has 0 aliphatic heterocycles. The monoisotopic (exact) mass is 348 g/mol. The van der Waals surface area contributed by atoms with Crippen LogP contribution >= 0.6 is 0 Å². The summed E-state index contributed by atoms with van der Waals surface area (Å²) in [5.74, 6) is 0.932. The van der Waals surface area contributed by atoms with Gasteiger partial charge in [0.15, 0.2) is 6.17 Å². The molecule has 0 radical (unpaired) electrons. The van der Waals surface area contributed by atoms with Gasteiger partial charge in [-0.3, -0.25) is 0 Å². The number of hydrogen-bond donors (Lipinski definition) is 1. The number of rotatable bonds is 6. The van der Waals surface area contributed by atoms with Gasteiger partial charge in [-0.05, 0) is 23.0 Å². The summed E-state index contributed by atoms with van der Waals surface area (Å²) in [5, 5.41) is 3.87. The van der Waals surface area contributed by atoms with Crippen molar-refractivity contribution in [2.45, 2.75) is 45.7 Å². The molecule has 3 aromatic rings. The van der Waals surface area contributed by atoms with E-state index in [4.69, 9.17) is 0 Å². The van der Waals surface area contributed by atoms with Gasteiger partial charge in [-0.25, -0.2) is 9.13 Å². The topological polar surface area (TPSA) is 20.8 Å². The van der Waals surface area contributed by atoms with Crippen LogP contribution in [0.25, 0.3) is 0 Å². The molecule has 0 fully saturated rings. The molecule has 1 unspecified atom stereocenters. The fourth-order valence-electron chi connectivity index (χ4n) is 3.44. The lowest BCUT2D eigenvalue weighted by molar-refractivity contribution is -0.671. The molecule has 136 valence electrons. The van der Waals surface area contributed by atoms with E-state index >= 15 is 0 Å². The maximum absolute atomic E-state index is 3.87. The van der Waals surface area contributed by atoms with Gasteiger partial charge in [0.05, 0.1) is 7.05 Å². The van der Waals surface area contributed by atoms with Crippen LogP contribution in [-0.2, 0) is 7.05 Å². The highest BCUT2D eigenvalue weighted by Gasteiger charge is 2.22. The van der Waals surface area contributed by atoms with Crippen molar-refractivity contribution in [1.29, 1.82) is 0 Å². The number of hydrogen-bond acceptors (Lipinski definition) is 1. The van der Waals surface area contributed by atoms with Gasteiger partial charge in [0.1, 0.15) is 12.4 Å². The van der Waals surface area contributed by atoms with Gasteiger partial charge in [0, 0.05) is 11.3 Å². The first-order valence-electron chi connectivity index (χ1n) is 9.44. The van der Waals surface area contributed by atoms with Crippen molar-refractivity contribution in [3.63, 3.8) is 0 Å². The molecule has 1 heterocycles.